The SMILES string of the molecule is COCCCN1C(=O)C(=O)C(=C(O)c2ccc(OCc3ccc(C)cc3)cc2)[C@@H]1c1ccc(OCc2ccccc2)c(OC)c1. The summed E-state index contributed by atoms with van der Waals surface area (Å²) in [6.07, 6.45) is 0.516. The summed E-state index contributed by atoms with van der Waals surface area (Å²) in [7, 11) is 3.12. The van der Waals surface area contributed by atoms with Crippen molar-refractivity contribution in [1.82, 2.24) is 4.90 Å². The molecular formula is C37H37NO7. The summed E-state index contributed by atoms with van der Waals surface area (Å²) in [4.78, 5) is 28.3. The predicted molar refractivity (Wildman–Crippen MR) is 171 cm³/mol. The minimum atomic E-state index is -0.837. The van der Waals surface area contributed by atoms with Gasteiger partial charge in [0.05, 0.1) is 18.7 Å². The van der Waals surface area contributed by atoms with E-state index in [1.807, 2.05) is 61.5 Å². The monoisotopic (exact) mass is 607 g/mol. The summed E-state index contributed by atoms with van der Waals surface area (Å²) in [5.74, 6) is -0.124. The summed E-state index contributed by atoms with van der Waals surface area (Å²) in [5, 5.41) is 11.5. The minimum absolute atomic E-state index is 0.00532. The topological polar surface area (TPSA) is 94.5 Å². The second-order valence-electron chi connectivity index (χ2n) is 10.8. The Kier molecular flexibility index (Phi) is 10.2. The molecule has 1 N–H and O–H groups in total. The first-order chi connectivity index (χ1) is 21.9. The molecule has 1 heterocycles. The van der Waals surface area contributed by atoms with Crippen LogP contribution in [0.4, 0.5) is 0 Å². The van der Waals surface area contributed by atoms with Gasteiger partial charge in [-0.2, -0.15) is 0 Å². The molecule has 4 aromatic carbocycles. The third-order valence-corrected chi connectivity index (χ3v) is 7.68. The number of Topliss-reactive ketones (excluding diaryl/α,β-unsaturated/α-hetero) is 1. The van der Waals surface area contributed by atoms with Gasteiger partial charge in [0.2, 0.25) is 0 Å². The Morgan fingerprint density at radius 2 is 1.49 bits per heavy atom. The number of rotatable bonds is 13. The Morgan fingerprint density at radius 3 is 2.18 bits per heavy atom. The molecule has 0 aliphatic carbocycles. The molecular weight excluding hydrogens is 570 g/mol. The fourth-order valence-corrected chi connectivity index (χ4v) is 5.26. The van der Waals surface area contributed by atoms with Gasteiger partial charge in [-0.3, -0.25) is 9.59 Å². The molecule has 1 saturated heterocycles. The van der Waals surface area contributed by atoms with Gasteiger partial charge in [0.25, 0.3) is 11.7 Å². The van der Waals surface area contributed by atoms with Gasteiger partial charge in [0.15, 0.2) is 11.5 Å². The van der Waals surface area contributed by atoms with Crippen LogP contribution in [0.2, 0.25) is 0 Å². The Bertz CT molecular complexity index is 1650. The third-order valence-electron chi connectivity index (χ3n) is 7.68. The number of nitrogens with zero attached hydrogens (tertiary/aromatic N) is 1. The van der Waals surface area contributed by atoms with Gasteiger partial charge in [0.1, 0.15) is 24.7 Å². The maximum Gasteiger partial charge on any atom is 0.295 e. The smallest absolute Gasteiger partial charge is 0.295 e. The van der Waals surface area contributed by atoms with E-state index in [9.17, 15) is 14.7 Å². The molecule has 8 nitrogen and oxygen atoms in total. The van der Waals surface area contributed by atoms with Gasteiger partial charge in [0, 0.05) is 25.8 Å². The van der Waals surface area contributed by atoms with Crippen molar-refractivity contribution in [2.45, 2.75) is 32.6 Å². The number of carbonyl (C=O) groups is 2. The minimum Gasteiger partial charge on any atom is -0.507 e. The van der Waals surface area contributed by atoms with Crippen LogP contribution in [0.5, 0.6) is 17.2 Å². The molecule has 1 atom stereocenters. The number of amides is 1. The van der Waals surface area contributed by atoms with Crippen molar-refractivity contribution in [2.75, 3.05) is 27.4 Å². The largest absolute Gasteiger partial charge is 0.507 e. The number of aryl methyl sites for hydroxylation is 1. The second kappa shape index (κ2) is 14.6. The number of benzene rings is 4. The highest BCUT2D eigenvalue weighted by molar-refractivity contribution is 6.46. The van der Waals surface area contributed by atoms with Crippen LogP contribution in [0.25, 0.3) is 5.76 Å². The second-order valence-corrected chi connectivity index (χ2v) is 10.8. The molecule has 0 bridgehead atoms. The van der Waals surface area contributed by atoms with Crippen molar-refractivity contribution in [3.05, 3.63) is 130 Å². The van der Waals surface area contributed by atoms with Crippen LogP contribution in [0, 0.1) is 6.92 Å². The van der Waals surface area contributed by atoms with Crippen LogP contribution in [0.1, 0.15) is 40.3 Å². The van der Waals surface area contributed by atoms with Gasteiger partial charge in [-0.15, -0.1) is 0 Å². The van der Waals surface area contributed by atoms with Gasteiger partial charge in [-0.1, -0.05) is 66.2 Å². The Hall–Kier alpha value is -5.08. The summed E-state index contributed by atoms with van der Waals surface area (Å²) >= 11 is 0. The fraction of sp³-hybridized carbons (Fsp3) is 0.243. The number of carbonyl (C=O) groups excluding carboxylic acids is 2. The first-order valence-electron chi connectivity index (χ1n) is 14.8. The van der Waals surface area contributed by atoms with E-state index >= 15 is 0 Å². The van der Waals surface area contributed by atoms with Crippen molar-refractivity contribution in [3.63, 3.8) is 0 Å². The molecule has 1 aliphatic heterocycles. The van der Waals surface area contributed by atoms with E-state index in [1.165, 1.54) is 17.6 Å². The quantitative estimate of drug-likeness (QED) is 0.0790. The Morgan fingerprint density at radius 1 is 0.800 bits per heavy atom. The number of aliphatic hydroxyl groups excluding tert-OH is 1. The average molecular weight is 608 g/mol. The lowest BCUT2D eigenvalue weighted by Gasteiger charge is -2.26. The van der Waals surface area contributed by atoms with E-state index < -0.39 is 17.7 Å². The Balaban J connectivity index is 1.44. The number of aliphatic hydroxyl groups is 1. The third kappa shape index (κ3) is 7.36. The van der Waals surface area contributed by atoms with Crippen molar-refractivity contribution in [1.29, 1.82) is 0 Å². The lowest BCUT2D eigenvalue weighted by Crippen LogP contribution is -2.31. The molecule has 5 rings (SSSR count). The van der Waals surface area contributed by atoms with Gasteiger partial charge >= 0.3 is 0 Å². The van der Waals surface area contributed by atoms with E-state index in [0.29, 0.717) is 54.6 Å². The number of hydrogen-bond donors (Lipinski definition) is 1. The molecule has 45 heavy (non-hydrogen) atoms. The standard InChI is InChI=1S/C37H37NO7/c1-25-10-12-27(13-11-25)23-44-30-17-14-28(15-18-30)35(39)33-34(38(20-7-21-42-2)37(41)36(33)40)29-16-19-31(32(22-29)43-3)45-24-26-8-5-4-6-9-26/h4-6,8-19,22,34,39H,7,20-21,23-24H2,1-3H3/t34-/m0/s1. The summed E-state index contributed by atoms with van der Waals surface area (Å²) in [5.41, 5.74) is 4.22. The molecule has 0 saturated carbocycles. The molecule has 1 aliphatic rings. The van der Waals surface area contributed by atoms with Crippen molar-refractivity contribution in [2.24, 2.45) is 0 Å². The number of methoxy groups -OCH3 is 2. The van der Waals surface area contributed by atoms with Crippen LogP contribution in [-0.4, -0.2) is 49.1 Å². The van der Waals surface area contributed by atoms with E-state index in [1.54, 1.807) is 49.6 Å². The average Bonchev–Trinajstić information content (AvgIpc) is 3.32. The molecule has 0 spiro atoms. The molecule has 4 aromatic rings. The highest BCUT2D eigenvalue weighted by atomic mass is 16.5. The summed E-state index contributed by atoms with van der Waals surface area (Å²) < 4.78 is 22.8. The van der Waals surface area contributed by atoms with E-state index in [-0.39, 0.29) is 17.9 Å². The lowest BCUT2D eigenvalue weighted by molar-refractivity contribution is -0.140. The van der Waals surface area contributed by atoms with E-state index in [0.717, 1.165) is 11.1 Å². The van der Waals surface area contributed by atoms with Gasteiger partial charge in [-0.25, -0.2) is 0 Å². The zero-order valence-electron chi connectivity index (χ0n) is 25.7. The van der Waals surface area contributed by atoms with Crippen LogP contribution < -0.4 is 14.2 Å². The van der Waals surface area contributed by atoms with Crippen LogP contribution in [-0.2, 0) is 27.5 Å². The maximum absolute atomic E-state index is 13.5. The van der Waals surface area contributed by atoms with E-state index in [4.69, 9.17) is 18.9 Å². The van der Waals surface area contributed by atoms with Crippen molar-refractivity contribution < 1.29 is 33.6 Å². The number of ether oxygens (including phenoxy) is 4. The van der Waals surface area contributed by atoms with E-state index in [2.05, 4.69) is 0 Å². The first kappa shape index (κ1) is 31.3. The highest BCUT2D eigenvalue weighted by Crippen LogP contribution is 2.42. The molecule has 0 unspecified atom stereocenters. The zero-order valence-corrected chi connectivity index (χ0v) is 25.7. The van der Waals surface area contributed by atoms with Crippen LogP contribution in [0.3, 0.4) is 0 Å². The lowest BCUT2D eigenvalue weighted by atomic mass is 9.95. The summed E-state index contributed by atoms with van der Waals surface area (Å²) in [6, 6.07) is 29.1. The molecule has 8 heteroatoms. The molecule has 0 radical (unpaired) electrons. The Labute approximate surface area is 263 Å². The normalized spacial score (nSPS) is 15.7. The first-order valence-corrected chi connectivity index (χ1v) is 14.8. The molecule has 1 amide bonds. The van der Waals surface area contributed by atoms with Crippen LogP contribution in [0.15, 0.2) is 103 Å². The van der Waals surface area contributed by atoms with Gasteiger partial charge < -0.3 is 29.0 Å². The number of hydrogen-bond acceptors (Lipinski definition) is 7. The fourth-order valence-electron chi connectivity index (χ4n) is 5.26. The van der Waals surface area contributed by atoms with Crippen LogP contribution >= 0.6 is 0 Å². The number of likely N-dealkylation sites (tertiary alicyclic amines) is 1. The molecule has 0 aromatic heterocycles. The summed E-state index contributed by atoms with van der Waals surface area (Å²) in [6.45, 7) is 3.45. The van der Waals surface area contributed by atoms with Crippen molar-refractivity contribution in [3.8, 4) is 17.2 Å². The maximum atomic E-state index is 13.5. The zero-order chi connectivity index (χ0) is 31.8. The van der Waals surface area contributed by atoms with Crippen molar-refractivity contribution >= 4 is 17.4 Å². The van der Waals surface area contributed by atoms with Gasteiger partial charge in [-0.05, 0) is 66.4 Å². The highest BCUT2D eigenvalue weighted by Gasteiger charge is 2.46. The predicted octanol–water partition coefficient (Wildman–Crippen LogP) is 6.62. The molecule has 1 fully saturated rings. The number of ketones is 1. The molecule has 232 valence electrons.